The van der Waals surface area contributed by atoms with E-state index in [1.54, 1.807) is 6.26 Å². The number of fused-ring (bicyclic) bond motifs is 5. The van der Waals surface area contributed by atoms with Crippen molar-refractivity contribution in [3.8, 4) is 0 Å². The molecule has 4 N–H and O–H groups in total. The smallest absolute Gasteiger partial charge is 0.339 e. The second-order valence-corrected chi connectivity index (χ2v) is 24.3. The van der Waals surface area contributed by atoms with Crippen molar-refractivity contribution in [1.82, 2.24) is 10.2 Å². The largest absolute Gasteiger partial charge is 0.469 e. The van der Waals surface area contributed by atoms with Crippen molar-refractivity contribution in [1.29, 1.82) is 0 Å². The SMILES string of the molecule is CC1(C)O[C@H]2[C@H]3C(=O)OC[C@@]24[C@@H]1C(=O)[C@@H](O)[C@]1(C)[C@@H]4[C@H](C[C@]32CCCC23CCCC3)C[C@@]2(C)[C@H](c3ccoc3C[C@@H]([C@H]3CC[C@H]4[C@H](C=CN5CNC[C@@H]45)C3)[C@H](O)CO)OC(=O)[C@H]3O[C@@]312. The molecule has 6 saturated carbocycles. The van der Waals surface area contributed by atoms with E-state index in [9.17, 15) is 24.9 Å². The molecule has 0 aromatic carbocycles. The summed E-state index contributed by atoms with van der Waals surface area (Å²) in [6.45, 7) is 9.61. The molecule has 4 spiro atoms. The summed E-state index contributed by atoms with van der Waals surface area (Å²) in [6, 6.07) is 2.37. The van der Waals surface area contributed by atoms with Crippen molar-refractivity contribution < 1.29 is 53.1 Å². The van der Waals surface area contributed by atoms with Crippen LogP contribution in [0.3, 0.4) is 0 Å². The molecule has 13 nitrogen and oxygen atoms in total. The number of hydrogen-bond acceptors (Lipinski definition) is 13. The average Bonchev–Trinajstić information content (AvgIpc) is 3.80. The minimum atomic E-state index is -1.47. The zero-order valence-electron chi connectivity index (χ0n) is 38.0. The van der Waals surface area contributed by atoms with E-state index in [0.29, 0.717) is 42.0 Å². The second kappa shape index (κ2) is 13.2. The maximum absolute atomic E-state index is 15.4. The normalized spacial score (nSPS) is 51.7. The Morgan fingerprint density at radius 3 is 2.56 bits per heavy atom. The molecule has 0 amide bonds. The molecule has 12 aliphatic rings. The Bertz CT molecular complexity index is 2200. The van der Waals surface area contributed by atoms with E-state index in [4.69, 9.17) is 23.4 Å². The summed E-state index contributed by atoms with van der Waals surface area (Å²) in [5, 5.41) is 38.7. The molecule has 0 unspecified atom stereocenters. The number of carbonyl (C=O) groups is 3. The highest BCUT2D eigenvalue weighted by Gasteiger charge is 2.93. The zero-order valence-corrected chi connectivity index (χ0v) is 38.0. The third-order valence-corrected chi connectivity index (χ3v) is 22.0. The van der Waals surface area contributed by atoms with Gasteiger partial charge in [0, 0.05) is 40.8 Å². The summed E-state index contributed by atoms with van der Waals surface area (Å²) in [7, 11) is 0. The number of allylic oxidation sites excluding steroid dienone is 1. The Morgan fingerprint density at radius 2 is 1.77 bits per heavy atom. The number of aliphatic hydroxyl groups excluding tert-OH is 3. The van der Waals surface area contributed by atoms with Crippen molar-refractivity contribution in [3.63, 3.8) is 0 Å². The first-order valence-corrected chi connectivity index (χ1v) is 25.1. The maximum Gasteiger partial charge on any atom is 0.339 e. The minimum Gasteiger partial charge on any atom is -0.469 e. The monoisotopic (exact) mass is 884 g/mol. The van der Waals surface area contributed by atoms with Gasteiger partial charge in [0.05, 0.1) is 49.2 Å². The number of hydrogen-bond donors (Lipinski definition) is 4. The highest BCUT2D eigenvalue weighted by molar-refractivity contribution is 5.92. The highest BCUT2D eigenvalue weighted by Crippen LogP contribution is 2.85. The maximum atomic E-state index is 15.4. The van der Waals surface area contributed by atoms with Crippen LogP contribution in [-0.4, -0.2) is 106 Å². The quantitative estimate of drug-likeness (QED) is 0.222. The Balaban J connectivity index is 0.927. The number of furan rings is 1. The molecule has 19 atom stereocenters. The molecule has 5 saturated heterocycles. The van der Waals surface area contributed by atoms with Crippen molar-refractivity contribution in [2.45, 2.75) is 159 Å². The molecular formula is C51H68N2O11. The first-order valence-electron chi connectivity index (χ1n) is 25.1. The lowest BCUT2D eigenvalue weighted by molar-refractivity contribution is -0.266. The molecule has 0 radical (unpaired) electrons. The molecule has 11 fully saturated rings. The van der Waals surface area contributed by atoms with E-state index in [0.717, 1.165) is 83.8 Å². The number of cyclic esters (lactones) is 2. The highest BCUT2D eigenvalue weighted by atomic mass is 16.7. The number of rotatable bonds is 6. The molecule has 6 aliphatic carbocycles. The van der Waals surface area contributed by atoms with E-state index in [1.165, 1.54) is 0 Å². The number of epoxide rings is 1. The van der Waals surface area contributed by atoms with Gasteiger partial charge in [0.25, 0.3) is 0 Å². The first kappa shape index (κ1) is 41.4. The Labute approximate surface area is 375 Å². The number of nitrogens with one attached hydrogen (secondary N) is 1. The second-order valence-electron chi connectivity index (χ2n) is 24.3. The van der Waals surface area contributed by atoms with Gasteiger partial charge in [-0.05, 0) is 130 Å². The summed E-state index contributed by atoms with van der Waals surface area (Å²) in [5.41, 5.74) is -5.11. The number of esters is 2. The predicted octanol–water partition coefficient (Wildman–Crippen LogP) is 5.00. The summed E-state index contributed by atoms with van der Waals surface area (Å²) in [6.07, 6.45) is 13.3. The molecule has 2 bridgehead atoms. The summed E-state index contributed by atoms with van der Waals surface area (Å²) >= 11 is 0. The molecule has 13 heteroatoms. The molecule has 13 rings (SSSR count). The molecule has 7 heterocycles. The molecule has 1 aromatic rings. The Morgan fingerprint density at radius 1 is 0.969 bits per heavy atom. The zero-order chi connectivity index (χ0) is 44.1. The van der Waals surface area contributed by atoms with Crippen LogP contribution in [-0.2, 0) is 39.8 Å². The lowest BCUT2D eigenvalue weighted by atomic mass is 9.34. The summed E-state index contributed by atoms with van der Waals surface area (Å²) < 4.78 is 33.7. The van der Waals surface area contributed by atoms with Gasteiger partial charge in [-0.15, -0.1) is 0 Å². The lowest BCUT2D eigenvalue weighted by Crippen LogP contribution is -2.77. The van der Waals surface area contributed by atoms with E-state index in [2.05, 4.69) is 29.4 Å². The van der Waals surface area contributed by atoms with Gasteiger partial charge in [-0.3, -0.25) is 14.9 Å². The molecule has 1 aromatic heterocycles. The van der Waals surface area contributed by atoms with Crippen LogP contribution in [0.25, 0.3) is 0 Å². The van der Waals surface area contributed by atoms with E-state index in [-0.39, 0.29) is 54.1 Å². The van der Waals surface area contributed by atoms with Gasteiger partial charge in [-0.25, -0.2) is 4.79 Å². The van der Waals surface area contributed by atoms with Gasteiger partial charge in [0.1, 0.15) is 30.2 Å². The van der Waals surface area contributed by atoms with E-state index < -0.39 is 81.2 Å². The summed E-state index contributed by atoms with van der Waals surface area (Å²) in [5.74, 6) is -1.35. The van der Waals surface area contributed by atoms with Crippen LogP contribution in [0.5, 0.6) is 0 Å². The lowest BCUT2D eigenvalue weighted by Gasteiger charge is -2.68. The van der Waals surface area contributed by atoms with Crippen LogP contribution in [0.1, 0.15) is 122 Å². The van der Waals surface area contributed by atoms with Crippen LogP contribution in [0.4, 0.5) is 0 Å². The third kappa shape index (κ3) is 4.67. The number of aliphatic hydroxyl groups is 3. The fourth-order valence-corrected chi connectivity index (χ4v) is 20.1. The number of nitrogens with zero attached hydrogens (tertiary/aromatic N) is 1. The van der Waals surface area contributed by atoms with Crippen LogP contribution < -0.4 is 5.32 Å². The van der Waals surface area contributed by atoms with Crippen molar-refractivity contribution in [3.05, 3.63) is 35.9 Å². The molecule has 348 valence electrons. The van der Waals surface area contributed by atoms with Gasteiger partial charge < -0.3 is 43.6 Å². The topological polar surface area (TPSA) is 181 Å². The van der Waals surface area contributed by atoms with Crippen LogP contribution in [0.15, 0.2) is 29.0 Å². The first-order chi connectivity index (χ1) is 30.6. The minimum absolute atomic E-state index is 0.0412. The summed E-state index contributed by atoms with van der Waals surface area (Å²) in [4.78, 5) is 47.1. The Kier molecular flexibility index (Phi) is 8.56. The van der Waals surface area contributed by atoms with Crippen LogP contribution in [0, 0.1) is 74.4 Å². The van der Waals surface area contributed by atoms with Crippen molar-refractivity contribution in [2.24, 2.45) is 74.4 Å². The van der Waals surface area contributed by atoms with Crippen LogP contribution >= 0.6 is 0 Å². The van der Waals surface area contributed by atoms with Gasteiger partial charge >= 0.3 is 11.9 Å². The van der Waals surface area contributed by atoms with Crippen molar-refractivity contribution >= 4 is 17.7 Å². The van der Waals surface area contributed by atoms with Gasteiger partial charge in [-0.1, -0.05) is 39.2 Å². The number of carbonyl (C=O) groups excluding carboxylic acids is 3. The van der Waals surface area contributed by atoms with Gasteiger partial charge in [-0.2, -0.15) is 0 Å². The van der Waals surface area contributed by atoms with Gasteiger partial charge in [0.2, 0.25) is 0 Å². The molecule has 6 aliphatic heterocycles. The van der Waals surface area contributed by atoms with Crippen molar-refractivity contribution in [2.75, 3.05) is 26.4 Å². The fraction of sp³-hybridized carbons (Fsp3) is 0.824. The average molecular weight is 885 g/mol. The standard InChI is InChI=1S/C51H68N2O11/c1-45(2)38-36(56)39(57)47(4)37-28(21-49(15-7-14-48(49)12-5-6-13-48)35-41(63-45)50(37,38)24-61-43(35)58)20-46(3)40(62-44(59)42-51(46,47)64-42)30-11-17-60-34(30)19-31(33(55)23-54)26-8-9-29-27(18-26)10-16-53-25-52-22-32(29)53/h10-11,16-17,26-29,31-33,35,37-42,52,54-55,57H,5-9,12-15,18-25H2,1-4H3/t26-,27+,28-,29-,31-,32-,33+,35-,37-,38+,39+,40-,41-,42+,46-,47-,49+,50+,51+/m0/s1. The molecular weight excluding hydrogens is 817 g/mol. The predicted molar refractivity (Wildman–Crippen MR) is 227 cm³/mol. The Hall–Kier alpha value is -2.81. The fourth-order valence-electron chi connectivity index (χ4n) is 20.1. The van der Waals surface area contributed by atoms with Crippen LogP contribution in [0.2, 0.25) is 0 Å². The molecule has 64 heavy (non-hydrogen) atoms. The van der Waals surface area contributed by atoms with Gasteiger partial charge in [0.15, 0.2) is 11.9 Å². The van der Waals surface area contributed by atoms with E-state index >= 15 is 4.79 Å². The number of ketones is 1. The third-order valence-electron chi connectivity index (χ3n) is 22.0. The number of ether oxygens (including phenoxy) is 4. The van der Waals surface area contributed by atoms with E-state index in [1.807, 2.05) is 26.8 Å². The number of Topliss-reactive ketones (excluding diaryl/α,β-unsaturated/α-hetero) is 1.